The van der Waals surface area contributed by atoms with Crippen LogP contribution in [0.3, 0.4) is 0 Å². The fourth-order valence-electron chi connectivity index (χ4n) is 1.90. The molecule has 0 aromatic carbocycles. The molecule has 4 nitrogen and oxygen atoms in total. The summed E-state index contributed by atoms with van der Waals surface area (Å²) in [6.07, 6.45) is 4.41. The van der Waals surface area contributed by atoms with Crippen molar-refractivity contribution < 1.29 is 9.84 Å². The van der Waals surface area contributed by atoms with Crippen molar-refractivity contribution in [1.82, 2.24) is 9.36 Å². The first-order valence-electron chi connectivity index (χ1n) is 5.35. The Morgan fingerprint density at radius 1 is 1.40 bits per heavy atom. The van der Waals surface area contributed by atoms with Gasteiger partial charge in [0, 0.05) is 18.1 Å². The first kappa shape index (κ1) is 10.8. The van der Waals surface area contributed by atoms with Gasteiger partial charge in [0.2, 0.25) is 0 Å². The minimum absolute atomic E-state index is 0.264. The molecule has 0 saturated heterocycles. The molecule has 5 heteroatoms. The molecule has 1 N–H and O–H groups in total. The average molecular weight is 228 g/mol. The van der Waals surface area contributed by atoms with Crippen molar-refractivity contribution in [2.75, 3.05) is 6.61 Å². The number of nitrogens with zero attached hydrogens (tertiary/aromatic N) is 2. The lowest BCUT2D eigenvalue weighted by molar-refractivity contribution is 0.104. The Balaban J connectivity index is 1.82. The van der Waals surface area contributed by atoms with E-state index in [4.69, 9.17) is 9.84 Å². The van der Waals surface area contributed by atoms with Crippen LogP contribution < -0.4 is 4.74 Å². The Morgan fingerprint density at radius 2 is 2.13 bits per heavy atom. The van der Waals surface area contributed by atoms with Crippen molar-refractivity contribution in [2.24, 2.45) is 5.92 Å². The summed E-state index contributed by atoms with van der Waals surface area (Å²) < 4.78 is 9.81. The van der Waals surface area contributed by atoms with Gasteiger partial charge in [-0.15, -0.1) is 0 Å². The van der Waals surface area contributed by atoms with Gasteiger partial charge in [-0.25, -0.2) is 0 Å². The van der Waals surface area contributed by atoms with Crippen molar-refractivity contribution >= 4 is 11.5 Å². The van der Waals surface area contributed by atoms with Crippen molar-refractivity contribution in [1.29, 1.82) is 0 Å². The van der Waals surface area contributed by atoms with Crippen LogP contribution in [0, 0.1) is 12.8 Å². The van der Waals surface area contributed by atoms with Crippen molar-refractivity contribution in [3.05, 3.63) is 5.82 Å². The highest BCUT2D eigenvalue weighted by Gasteiger charge is 2.22. The highest BCUT2D eigenvalue weighted by atomic mass is 32.1. The topological polar surface area (TPSA) is 55.2 Å². The first-order chi connectivity index (χ1) is 7.28. The van der Waals surface area contributed by atoms with E-state index < -0.39 is 0 Å². The van der Waals surface area contributed by atoms with Crippen molar-refractivity contribution in [2.45, 2.75) is 38.7 Å². The Labute approximate surface area is 93.5 Å². The van der Waals surface area contributed by atoms with Gasteiger partial charge in [-0.3, -0.25) is 0 Å². The summed E-state index contributed by atoms with van der Waals surface area (Å²) in [5.41, 5.74) is 0. The van der Waals surface area contributed by atoms with E-state index in [1.807, 2.05) is 6.92 Å². The maximum atomic E-state index is 9.01. The molecule has 0 atom stereocenters. The predicted molar refractivity (Wildman–Crippen MR) is 58.1 cm³/mol. The summed E-state index contributed by atoms with van der Waals surface area (Å²) in [6.45, 7) is 2.18. The van der Waals surface area contributed by atoms with Crippen LogP contribution in [0.15, 0.2) is 0 Å². The molecule has 1 saturated carbocycles. The third-order valence-corrected chi connectivity index (χ3v) is 3.53. The van der Waals surface area contributed by atoms with E-state index in [0.29, 0.717) is 17.7 Å². The zero-order valence-corrected chi connectivity index (χ0v) is 9.66. The number of aliphatic hydroxyl groups is 1. The van der Waals surface area contributed by atoms with Crippen LogP contribution in [0.2, 0.25) is 0 Å². The quantitative estimate of drug-likeness (QED) is 0.856. The van der Waals surface area contributed by atoms with E-state index in [0.717, 1.165) is 31.5 Å². The zero-order valence-electron chi connectivity index (χ0n) is 8.85. The lowest BCUT2D eigenvalue weighted by atomic mass is 9.88. The van der Waals surface area contributed by atoms with Crippen LogP contribution in [0.5, 0.6) is 5.19 Å². The lowest BCUT2D eigenvalue weighted by Crippen LogP contribution is -2.25. The van der Waals surface area contributed by atoms with Gasteiger partial charge in [0.25, 0.3) is 5.19 Å². The third-order valence-electron chi connectivity index (χ3n) is 2.83. The second-order valence-corrected chi connectivity index (χ2v) is 4.77. The fraction of sp³-hybridized carbons (Fsp3) is 0.800. The molecular formula is C10H16N2O2S. The molecule has 1 aliphatic rings. The van der Waals surface area contributed by atoms with Gasteiger partial charge in [-0.2, -0.15) is 9.36 Å². The largest absolute Gasteiger partial charge is 0.466 e. The van der Waals surface area contributed by atoms with E-state index >= 15 is 0 Å². The number of aliphatic hydroxyl groups excluding tert-OH is 1. The normalized spacial score (nSPS) is 26.5. The number of rotatable bonds is 3. The SMILES string of the molecule is Cc1nsc(OC2CCC(CO)CC2)n1. The standard InChI is InChI=1S/C10H16N2O2S/c1-7-11-10(15-12-7)14-9-4-2-8(6-13)3-5-9/h8-9,13H,2-6H2,1H3. The maximum absolute atomic E-state index is 9.01. The number of hydrogen-bond acceptors (Lipinski definition) is 5. The monoisotopic (exact) mass is 228 g/mol. The molecule has 0 spiro atoms. The first-order valence-corrected chi connectivity index (χ1v) is 6.13. The summed E-state index contributed by atoms with van der Waals surface area (Å²) in [4.78, 5) is 4.18. The van der Waals surface area contributed by atoms with Gasteiger partial charge >= 0.3 is 0 Å². The predicted octanol–water partition coefficient (Wildman–Crippen LogP) is 1.78. The number of ether oxygens (including phenoxy) is 1. The summed E-state index contributed by atoms with van der Waals surface area (Å²) in [5.74, 6) is 1.25. The van der Waals surface area contributed by atoms with E-state index in [1.54, 1.807) is 0 Å². The zero-order chi connectivity index (χ0) is 10.7. The van der Waals surface area contributed by atoms with E-state index in [2.05, 4.69) is 9.36 Å². The molecule has 1 aliphatic carbocycles. The maximum Gasteiger partial charge on any atom is 0.293 e. The number of aromatic nitrogens is 2. The summed E-state index contributed by atoms with van der Waals surface area (Å²) in [5, 5.41) is 9.69. The van der Waals surface area contributed by atoms with E-state index in [-0.39, 0.29) is 6.10 Å². The highest BCUT2D eigenvalue weighted by Crippen LogP contribution is 2.27. The molecular weight excluding hydrogens is 212 g/mol. The lowest BCUT2D eigenvalue weighted by Gasteiger charge is -2.26. The third kappa shape index (κ3) is 2.89. The van der Waals surface area contributed by atoms with Crippen LogP contribution in [0.25, 0.3) is 0 Å². The van der Waals surface area contributed by atoms with Gasteiger partial charge < -0.3 is 9.84 Å². The molecule has 1 fully saturated rings. The highest BCUT2D eigenvalue weighted by molar-refractivity contribution is 7.07. The van der Waals surface area contributed by atoms with E-state index in [9.17, 15) is 0 Å². The fourth-order valence-corrected chi connectivity index (χ4v) is 2.50. The van der Waals surface area contributed by atoms with Crippen LogP contribution in [0.4, 0.5) is 0 Å². The Hall–Kier alpha value is -0.680. The molecule has 1 heterocycles. The Bertz CT molecular complexity index is 308. The molecule has 1 aromatic heterocycles. The molecule has 15 heavy (non-hydrogen) atoms. The van der Waals surface area contributed by atoms with Gasteiger partial charge in [0.1, 0.15) is 11.9 Å². The number of hydrogen-bond donors (Lipinski definition) is 1. The number of aryl methyl sites for hydroxylation is 1. The van der Waals surface area contributed by atoms with Gasteiger partial charge in [0.15, 0.2) is 0 Å². The molecule has 0 unspecified atom stereocenters. The van der Waals surface area contributed by atoms with E-state index in [1.165, 1.54) is 11.5 Å². The summed E-state index contributed by atoms with van der Waals surface area (Å²) in [6, 6.07) is 0. The second-order valence-electron chi connectivity index (χ2n) is 4.05. The van der Waals surface area contributed by atoms with Gasteiger partial charge in [-0.1, -0.05) is 0 Å². The average Bonchev–Trinajstić information content (AvgIpc) is 2.65. The van der Waals surface area contributed by atoms with Gasteiger partial charge in [0.05, 0.1) is 0 Å². The van der Waals surface area contributed by atoms with Gasteiger partial charge in [-0.05, 0) is 38.5 Å². The minimum atomic E-state index is 0.264. The molecule has 0 amide bonds. The summed E-state index contributed by atoms with van der Waals surface area (Å²) >= 11 is 1.32. The van der Waals surface area contributed by atoms with Crippen LogP contribution >= 0.6 is 11.5 Å². The smallest absolute Gasteiger partial charge is 0.293 e. The van der Waals surface area contributed by atoms with Crippen LogP contribution in [-0.2, 0) is 0 Å². The Kier molecular flexibility index (Phi) is 3.53. The minimum Gasteiger partial charge on any atom is -0.466 e. The molecule has 0 radical (unpaired) electrons. The summed E-state index contributed by atoms with van der Waals surface area (Å²) in [7, 11) is 0. The van der Waals surface area contributed by atoms with Crippen LogP contribution in [-0.4, -0.2) is 27.2 Å². The molecule has 0 aliphatic heterocycles. The molecule has 84 valence electrons. The molecule has 2 rings (SSSR count). The molecule has 1 aromatic rings. The van der Waals surface area contributed by atoms with Crippen LogP contribution in [0.1, 0.15) is 31.5 Å². The molecule has 0 bridgehead atoms. The van der Waals surface area contributed by atoms with Crippen molar-refractivity contribution in [3.8, 4) is 5.19 Å². The van der Waals surface area contributed by atoms with Crippen molar-refractivity contribution in [3.63, 3.8) is 0 Å². The Morgan fingerprint density at radius 3 is 2.67 bits per heavy atom. The second kappa shape index (κ2) is 4.90.